The van der Waals surface area contributed by atoms with Crippen molar-refractivity contribution in [3.05, 3.63) is 113 Å². The van der Waals surface area contributed by atoms with Gasteiger partial charge in [0.05, 0.1) is 16.8 Å². The summed E-state index contributed by atoms with van der Waals surface area (Å²) in [6.45, 7) is 5.30. The van der Waals surface area contributed by atoms with E-state index in [1.807, 2.05) is 45.0 Å². The molecular formula is C28H27FN4O3S. The summed E-state index contributed by atoms with van der Waals surface area (Å²) in [5, 5.41) is 4.04. The SMILES string of the molecule is Cc1cccc(-n2c(C)cc(/C=N/NC(=O)CN(c3ccccc3F)S(=O)(=O)c3ccccc3)c2C)c1. The highest BCUT2D eigenvalue weighted by Gasteiger charge is 2.29. The Morgan fingerprint density at radius 2 is 1.68 bits per heavy atom. The van der Waals surface area contributed by atoms with Crippen molar-refractivity contribution in [2.45, 2.75) is 25.7 Å². The van der Waals surface area contributed by atoms with Gasteiger partial charge in [0.25, 0.3) is 15.9 Å². The largest absolute Gasteiger partial charge is 0.318 e. The molecule has 190 valence electrons. The minimum absolute atomic E-state index is 0.0573. The third kappa shape index (κ3) is 5.62. The molecule has 4 aromatic rings. The fourth-order valence-corrected chi connectivity index (χ4v) is 5.55. The number of aromatic nitrogens is 1. The monoisotopic (exact) mass is 518 g/mol. The van der Waals surface area contributed by atoms with Gasteiger partial charge in [-0.05, 0) is 68.8 Å². The van der Waals surface area contributed by atoms with E-state index in [9.17, 15) is 17.6 Å². The molecular weight excluding hydrogens is 491 g/mol. The molecule has 37 heavy (non-hydrogen) atoms. The zero-order valence-electron chi connectivity index (χ0n) is 20.7. The second kappa shape index (κ2) is 10.8. The standard InChI is InChI=1S/C28H27FN4O3S/c1-20-10-9-11-24(16-20)33-21(2)17-23(22(33)3)18-30-31-28(34)19-32(27-15-8-7-14-26(27)29)37(35,36)25-12-5-4-6-13-25/h4-18H,19H2,1-3H3,(H,31,34)/b30-18+. The van der Waals surface area contributed by atoms with Gasteiger partial charge in [-0.2, -0.15) is 5.10 Å². The average molecular weight is 519 g/mol. The van der Waals surface area contributed by atoms with Crippen molar-refractivity contribution >= 4 is 27.8 Å². The van der Waals surface area contributed by atoms with Gasteiger partial charge in [-0.3, -0.25) is 9.10 Å². The van der Waals surface area contributed by atoms with Crippen LogP contribution < -0.4 is 9.73 Å². The van der Waals surface area contributed by atoms with E-state index in [2.05, 4.69) is 21.2 Å². The number of nitrogens with one attached hydrogen (secondary N) is 1. The highest BCUT2D eigenvalue weighted by Crippen LogP contribution is 2.26. The summed E-state index contributed by atoms with van der Waals surface area (Å²) in [5.74, 6) is -1.48. The van der Waals surface area contributed by atoms with Crippen LogP contribution in [0.1, 0.15) is 22.5 Å². The van der Waals surface area contributed by atoms with Crippen molar-refractivity contribution in [3.8, 4) is 5.69 Å². The molecule has 1 heterocycles. The molecule has 7 nitrogen and oxygen atoms in total. The lowest BCUT2D eigenvalue weighted by atomic mass is 10.2. The van der Waals surface area contributed by atoms with Crippen molar-refractivity contribution in [2.24, 2.45) is 5.10 Å². The Balaban J connectivity index is 1.56. The van der Waals surface area contributed by atoms with E-state index >= 15 is 0 Å². The Morgan fingerprint density at radius 3 is 2.38 bits per heavy atom. The summed E-state index contributed by atoms with van der Waals surface area (Å²) >= 11 is 0. The van der Waals surface area contributed by atoms with Gasteiger partial charge < -0.3 is 4.57 Å². The molecule has 9 heteroatoms. The van der Waals surface area contributed by atoms with E-state index in [1.54, 1.807) is 18.2 Å². The zero-order chi connectivity index (χ0) is 26.6. The molecule has 0 fully saturated rings. The van der Waals surface area contributed by atoms with E-state index in [0.29, 0.717) is 0 Å². The third-order valence-electron chi connectivity index (χ3n) is 5.86. The molecule has 0 saturated carbocycles. The highest BCUT2D eigenvalue weighted by atomic mass is 32.2. The lowest BCUT2D eigenvalue weighted by molar-refractivity contribution is -0.119. The number of benzene rings is 3. The van der Waals surface area contributed by atoms with Crippen LogP contribution in [0.3, 0.4) is 0 Å². The van der Waals surface area contributed by atoms with E-state index in [1.165, 1.54) is 36.5 Å². The summed E-state index contributed by atoms with van der Waals surface area (Å²) in [6.07, 6.45) is 1.51. The zero-order valence-corrected chi connectivity index (χ0v) is 21.5. The first-order valence-electron chi connectivity index (χ1n) is 11.6. The number of halogens is 1. The van der Waals surface area contributed by atoms with Crippen molar-refractivity contribution in [3.63, 3.8) is 0 Å². The number of sulfonamides is 1. The number of carbonyl (C=O) groups is 1. The van der Waals surface area contributed by atoms with Crippen LogP contribution in [-0.4, -0.2) is 31.7 Å². The van der Waals surface area contributed by atoms with Gasteiger partial charge in [0.15, 0.2) is 0 Å². The van der Waals surface area contributed by atoms with E-state index in [-0.39, 0.29) is 10.6 Å². The predicted molar refractivity (Wildman–Crippen MR) is 143 cm³/mol. The molecule has 3 aromatic carbocycles. The van der Waals surface area contributed by atoms with E-state index < -0.39 is 28.3 Å². The molecule has 4 rings (SSSR count). The number of para-hydroxylation sites is 1. The molecule has 0 saturated heterocycles. The maximum atomic E-state index is 14.6. The number of carbonyl (C=O) groups excluding carboxylic acids is 1. The number of hydrogen-bond donors (Lipinski definition) is 1. The Labute approximate surface area is 215 Å². The van der Waals surface area contributed by atoms with Crippen LogP contribution in [0.15, 0.2) is 94.9 Å². The van der Waals surface area contributed by atoms with Crippen molar-refractivity contribution in [1.82, 2.24) is 9.99 Å². The molecule has 1 N–H and O–H groups in total. The first-order valence-corrected chi connectivity index (χ1v) is 13.0. The number of hydrazone groups is 1. The molecule has 0 spiro atoms. The predicted octanol–water partition coefficient (Wildman–Crippen LogP) is 4.89. The molecule has 0 aliphatic rings. The Hall–Kier alpha value is -4.24. The minimum Gasteiger partial charge on any atom is -0.318 e. The fraction of sp³-hybridized carbons (Fsp3) is 0.143. The molecule has 0 aliphatic carbocycles. The number of amides is 1. The molecule has 1 aromatic heterocycles. The average Bonchev–Trinajstić information content (AvgIpc) is 3.16. The van der Waals surface area contributed by atoms with Crippen LogP contribution in [-0.2, 0) is 14.8 Å². The number of rotatable bonds is 8. The van der Waals surface area contributed by atoms with Crippen LogP contribution in [0, 0.1) is 26.6 Å². The summed E-state index contributed by atoms with van der Waals surface area (Å²) in [4.78, 5) is 12.7. The minimum atomic E-state index is -4.21. The molecule has 0 bridgehead atoms. The van der Waals surface area contributed by atoms with Crippen LogP contribution in [0.25, 0.3) is 5.69 Å². The summed E-state index contributed by atoms with van der Waals surface area (Å²) in [5.41, 5.74) is 7.02. The van der Waals surface area contributed by atoms with Gasteiger partial charge in [0, 0.05) is 22.6 Å². The number of nitrogens with zero attached hydrogens (tertiary/aromatic N) is 3. The van der Waals surface area contributed by atoms with E-state index in [4.69, 9.17) is 0 Å². The van der Waals surface area contributed by atoms with Crippen molar-refractivity contribution < 1.29 is 17.6 Å². The highest BCUT2D eigenvalue weighted by molar-refractivity contribution is 7.92. The third-order valence-corrected chi connectivity index (χ3v) is 7.64. The van der Waals surface area contributed by atoms with Gasteiger partial charge in [0.1, 0.15) is 12.4 Å². The van der Waals surface area contributed by atoms with Crippen LogP contribution in [0.4, 0.5) is 10.1 Å². The van der Waals surface area contributed by atoms with E-state index in [0.717, 1.165) is 38.6 Å². The molecule has 0 unspecified atom stereocenters. The normalized spacial score (nSPS) is 11.6. The Morgan fingerprint density at radius 1 is 0.973 bits per heavy atom. The first kappa shape index (κ1) is 25.8. The van der Waals surface area contributed by atoms with Gasteiger partial charge in [-0.25, -0.2) is 18.2 Å². The van der Waals surface area contributed by atoms with Gasteiger partial charge in [0.2, 0.25) is 0 Å². The lowest BCUT2D eigenvalue weighted by Crippen LogP contribution is -2.40. The van der Waals surface area contributed by atoms with Crippen LogP contribution in [0.2, 0.25) is 0 Å². The van der Waals surface area contributed by atoms with Gasteiger partial charge in [-0.15, -0.1) is 0 Å². The number of aryl methyl sites for hydroxylation is 2. The number of hydrogen-bond acceptors (Lipinski definition) is 4. The maximum absolute atomic E-state index is 14.6. The first-order chi connectivity index (χ1) is 17.7. The fourth-order valence-electron chi connectivity index (χ4n) is 4.10. The second-order valence-corrected chi connectivity index (χ2v) is 10.4. The molecule has 1 amide bonds. The molecule has 0 radical (unpaired) electrons. The summed E-state index contributed by atoms with van der Waals surface area (Å²) < 4.78 is 44.0. The number of anilines is 1. The smallest absolute Gasteiger partial charge is 0.264 e. The second-order valence-electron chi connectivity index (χ2n) is 8.57. The van der Waals surface area contributed by atoms with Crippen molar-refractivity contribution in [2.75, 3.05) is 10.8 Å². The maximum Gasteiger partial charge on any atom is 0.264 e. The van der Waals surface area contributed by atoms with Gasteiger partial charge in [-0.1, -0.05) is 42.5 Å². The van der Waals surface area contributed by atoms with Crippen LogP contribution >= 0.6 is 0 Å². The molecule has 0 atom stereocenters. The van der Waals surface area contributed by atoms with Crippen LogP contribution in [0.5, 0.6) is 0 Å². The van der Waals surface area contributed by atoms with Gasteiger partial charge >= 0.3 is 0 Å². The Kier molecular flexibility index (Phi) is 7.54. The lowest BCUT2D eigenvalue weighted by Gasteiger charge is -2.24. The van der Waals surface area contributed by atoms with Crippen molar-refractivity contribution in [1.29, 1.82) is 0 Å². The summed E-state index contributed by atoms with van der Waals surface area (Å²) in [7, 11) is -4.21. The topological polar surface area (TPSA) is 83.8 Å². The summed E-state index contributed by atoms with van der Waals surface area (Å²) in [6, 6.07) is 23.0. The Bertz CT molecular complexity index is 1560. The quantitative estimate of drug-likeness (QED) is 0.266. The molecule has 0 aliphatic heterocycles.